The summed E-state index contributed by atoms with van der Waals surface area (Å²) in [6, 6.07) is 7.88. The summed E-state index contributed by atoms with van der Waals surface area (Å²) in [5.74, 6) is 2.36. The van der Waals surface area contributed by atoms with Gasteiger partial charge in [0.2, 0.25) is 0 Å². The molecule has 0 radical (unpaired) electrons. The van der Waals surface area contributed by atoms with E-state index in [4.69, 9.17) is 9.84 Å². The first kappa shape index (κ1) is 20.6. The van der Waals surface area contributed by atoms with Gasteiger partial charge in [-0.3, -0.25) is 0 Å². The Bertz CT molecular complexity index is 1100. The number of carboxylic acid groups (broad SMARTS) is 1. The number of hydrogen-bond donors (Lipinski definition) is 2. The van der Waals surface area contributed by atoms with Crippen molar-refractivity contribution in [2.45, 2.75) is 25.9 Å². The van der Waals surface area contributed by atoms with Gasteiger partial charge in [-0.15, -0.1) is 0 Å². The Kier molecular flexibility index (Phi) is 5.75. The van der Waals surface area contributed by atoms with Crippen molar-refractivity contribution in [2.75, 3.05) is 37.4 Å². The zero-order chi connectivity index (χ0) is 22.0. The first-order chi connectivity index (χ1) is 14.9. The summed E-state index contributed by atoms with van der Waals surface area (Å²) in [5, 5.41) is 13.4. The van der Waals surface area contributed by atoms with Crippen LogP contribution in [0.5, 0.6) is 5.75 Å². The Labute approximate surface area is 180 Å². The van der Waals surface area contributed by atoms with Crippen molar-refractivity contribution >= 4 is 34.3 Å². The number of nitrogens with zero attached hydrogens (tertiary/aromatic N) is 5. The average Bonchev–Trinajstić information content (AvgIpc) is 2.76. The smallest absolute Gasteiger partial charge is 0.407 e. The van der Waals surface area contributed by atoms with Crippen molar-refractivity contribution in [1.82, 2.24) is 19.9 Å². The van der Waals surface area contributed by atoms with Crippen LogP contribution >= 0.6 is 0 Å². The van der Waals surface area contributed by atoms with Gasteiger partial charge < -0.3 is 25.0 Å². The summed E-state index contributed by atoms with van der Waals surface area (Å²) in [4.78, 5) is 27.6. The zero-order valence-electron chi connectivity index (χ0n) is 17.9. The van der Waals surface area contributed by atoms with E-state index in [1.165, 1.54) is 11.2 Å². The van der Waals surface area contributed by atoms with Crippen molar-refractivity contribution in [2.24, 2.45) is 0 Å². The number of amides is 1. The van der Waals surface area contributed by atoms with Gasteiger partial charge in [0.1, 0.15) is 29.8 Å². The molecule has 0 unspecified atom stereocenters. The molecule has 0 atom stereocenters. The zero-order valence-corrected chi connectivity index (χ0v) is 17.9. The van der Waals surface area contributed by atoms with Crippen LogP contribution in [0.25, 0.3) is 10.9 Å². The van der Waals surface area contributed by atoms with E-state index in [9.17, 15) is 4.79 Å². The largest absolute Gasteiger partial charge is 0.490 e. The highest BCUT2D eigenvalue weighted by Crippen LogP contribution is 2.29. The van der Waals surface area contributed by atoms with Crippen LogP contribution < -0.4 is 15.0 Å². The lowest BCUT2D eigenvalue weighted by molar-refractivity contribution is 0.0891. The molecule has 1 fully saturated rings. The molecular weight excluding hydrogens is 396 g/mol. The van der Waals surface area contributed by atoms with Crippen LogP contribution in [0.15, 0.2) is 36.8 Å². The predicted molar refractivity (Wildman–Crippen MR) is 119 cm³/mol. The van der Waals surface area contributed by atoms with Gasteiger partial charge in [-0.05, 0) is 36.8 Å². The molecule has 162 valence electrons. The molecule has 1 aliphatic rings. The van der Waals surface area contributed by atoms with E-state index in [1.54, 1.807) is 6.20 Å². The summed E-state index contributed by atoms with van der Waals surface area (Å²) in [7, 11) is 3.89. The molecule has 9 heteroatoms. The van der Waals surface area contributed by atoms with Gasteiger partial charge in [-0.1, -0.05) is 0 Å². The standard InChI is InChI=1S/C22H26N6O3/c1-14-10-15(4-5-19(14)31-16-6-8-28(9-7-16)22(29)30)26-21-17-11-20(27(2)3)23-12-18(17)24-13-25-21/h4-5,10-13,16H,6-9H2,1-3H3,(H,29,30)(H,24,25,26). The number of aryl methyl sites for hydroxylation is 1. The molecule has 1 saturated heterocycles. The summed E-state index contributed by atoms with van der Waals surface area (Å²) < 4.78 is 6.14. The molecule has 1 aromatic carbocycles. The number of pyridine rings is 1. The molecule has 0 bridgehead atoms. The van der Waals surface area contributed by atoms with Crippen molar-refractivity contribution in [1.29, 1.82) is 0 Å². The number of hydrogen-bond acceptors (Lipinski definition) is 7. The van der Waals surface area contributed by atoms with Crippen LogP contribution in [0.4, 0.5) is 22.1 Å². The number of carbonyl (C=O) groups is 1. The minimum absolute atomic E-state index is 0.0240. The average molecular weight is 422 g/mol. The minimum Gasteiger partial charge on any atom is -0.490 e. The van der Waals surface area contributed by atoms with E-state index in [0.29, 0.717) is 31.7 Å². The van der Waals surface area contributed by atoms with Gasteiger partial charge in [-0.2, -0.15) is 0 Å². The molecule has 3 heterocycles. The number of anilines is 3. The maximum Gasteiger partial charge on any atom is 0.407 e. The Morgan fingerprint density at radius 1 is 1.19 bits per heavy atom. The second kappa shape index (κ2) is 8.63. The molecule has 4 rings (SSSR count). The van der Waals surface area contributed by atoms with Crippen LogP contribution in [0.1, 0.15) is 18.4 Å². The number of rotatable bonds is 5. The highest BCUT2D eigenvalue weighted by Gasteiger charge is 2.23. The number of benzene rings is 1. The highest BCUT2D eigenvalue weighted by molar-refractivity contribution is 5.91. The van der Waals surface area contributed by atoms with Crippen LogP contribution in [0, 0.1) is 6.92 Å². The first-order valence-corrected chi connectivity index (χ1v) is 10.2. The van der Waals surface area contributed by atoms with Gasteiger partial charge in [-0.25, -0.2) is 19.7 Å². The SMILES string of the molecule is Cc1cc(Nc2ncnc3cnc(N(C)C)cc23)ccc1OC1CCN(C(=O)O)CC1. The van der Waals surface area contributed by atoms with Gasteiger partial charge in [0.05, 0.1) is 11.7 Å². The number of aromatic nitrogens is 3. The van der Waals surface area contributed by atoms with Crippen molar-refractivity contribution in [3.8, 4) is 5.75 Å². The lowest BCUT2D eigenvalue weighted by Gasteiger charge is -2.30. The minimum atomic E-state index is -0.865. The van der Waals surface area contributed by atoms with Gasteiger partial charge in [0.15, 0.2) is 0 Å². The summed E-state index contributed by atoms with van der Waals surface area (Å²) in [5.41, 5.74) is 2.67. The fourth-order valence-electron chi connectivity index (χ4n) is 3.63. The fraction of sp³-hybridized carbons (Fsp3) is 0.364. The van der Waals surface area contributed by atoms with E-state index in [-0.39, 0.29) is 6.10 Å². The van der Waals surface area contributed by atoms with Gasteiger partial charge in [0, 0.05) is 51.1 Å². The Morgan fingerprint density at radius 2 is 1.97 bits per heavy atom. The van der Waals surface area contributed by atoms with E-state index in [1.807, 2.05) is 50.2 Å². The van der Waals surface area contributed by atoms with Crippen LogP contribution in [0.3, 0.4) is 0 Å². The second-order valence-corrected chi connectivity index (χ2v) is 7.87. The van der Waals surface area contributed by atoms with Crippen molar-refractivity contribution in [3.63, 3.8) is 0 Å². The van der Waals surface area contributed by atoms with E-state index >= 15 is 0 Å². The molecule has 2 N–H and O–H groups in total. The van der Waals surface area contributed by atoms with Crippen molar-refractivity contribution in [3.05, 3.63) is 42.4 Å². The number of fused-ring (bicyclic) bond motifs is 1. The monoisotopic (exact) mass is 422 g/mol. The molecule has 0 saturated carbocycles. The number of nitrogens with one attached hydrogen (secondary N) is 1. The van der Waals surface area contributed by atoms with Gasteiger partial charge >= 0.3 is 6.09 Å². The third-order valence-electron chi connectivity index (χ3n) is 5.41. The maximum absolute atomic E-state index is 11.1. The topological polar surface area (TPSA) is 104 Å². The Hall–Kier alpha value is -3.62. The number of likely N-dealkylation sites (tertiary alicyclic amines) is 1. The quantitative estimate of drug-likeness (QED) is 0.642. The molecular formula is C22H26N6O3. The first-order valence-electron chi connectivity index (χ1n) is 10.2. The summed E-state index contributed by atoms with van der Waals surface area (Å²) in [6.45, 7) is 3.01. The van der Waals surface area contributed by atoms with Gasteiger partial charge in [0.25, 0.3) is 0 Å². The van der Waals surface area contributed by atoms with Crippen LogP contribution in [-0.4, -0.2) is 64.3 Å². The molecule has 0 spiro atoms. The van der Waals surface area contributed by atoms with Crippen molar-refractivity contribution < 1.29 is 14.6 Å². The molecule has 1 aliphatic heterocycles. The lowest BCUT2D eigenvalue weighted by Crippen LogP contribution is -2.41. The molecule has 0 aliphatic carbocycles. The van der Waals surface area contributed by atoms with E-state index in [2.05, 4.69) is 20.3 Å². The third-order valence-corrected chi connectivity index (χ3v) is 5.41. The Morgan fingerprint density at radius 3 is 2.65 bits per heavy atom. The predicted octanol–water partition coefficient (Wildman–Crippen LogP) is 3.66. The molecule has 2 aromatic heterocycles. The second-order valence-electron chi connectivity index (χ2n) is 7.87. The summed E-state index contributed by atoms with van der Waals surface area (Å²) in [6.07, 6.45) is 3.82. The van der Waals surface area contributed by atoms with Crippen LogP contribution in [-0.2, 0) is 0 Å². The van der Waals surface area contributed by atoms with Crippen LogP contribution in [0.2, 0.25) is 0 Å². The lowest BCUT2D eigenvalue weighted by atomic mass is 10.1. The molecule has 3 aromatic rings. The third kappa shape index (κ3) is 4.60. The highest BCUT2D eigenvalue weighted by atomic mass is 16.5. The summed E-state index contributed by atoms with van der Waals surface area (Å²) >= 11 is 0. The number of piperidine rings is 1. The van der Waals surface area contributed by atoms with E-state index in [0.717, 1.165) is 33.7 Å². The fourth-order valence-corrected chi connectivity index (χ4v) is 3.63. The normalized spacial score (nSPS) is 14.5. The Balaban J connectivity index is 1.49. The maximum atomic E-state index is 11.1. The molecule has 1 amide bonds. The number of ether oxygens (including phenoxy) is 1. The molecule has 31 heavy (non-hydrogen) atoms. The van der Waals surface area contributed by atoms with E-state index < -0.39 is 6.09 Å². The molecule has 9 nitrogen and oxygen atoms in total.